The number of nitrogens with one attached hydrogen (secondary N) is 1. The van der Waals surface area contributed by atoms with Gasteiger partial charge in [0.25, 0.3) is 0 Å². The highest BCUT2D eigenvalue weighted by molar-refractivity contribution is 5.86. The zero-order valence-corrected chi connectivity index (χ0v) is 26.2. The molecule has 2 bridgehead atoms. The molecule has 0 radical (unpaired) electrons. The Morgan fingerprint density at radius 3 is 2.43 bits per heavy atom. The van der Waals surface area contributed by atoms with Crippen molar-refractivity contribution in [3.05, 3.63) is 77.4 Å². The Labute approximate surface area is 267 Å². The molecule has 3 heterocycles. The number of carbonyl (C=O) groups excluding carboxylic acids is 2. The van der Waals surface area contributed by atoms with Crippen molar-refractivity contribution in [2.75, 3.05) is 27.6 Å². The molecule has 1 saturated heterocycles. The van der Waals surface area contributed by atoms with Crippen molar-refractivity contribution in [1.82, 2.24) is 10.2 Å². The van der Waals surface area contributed by atoms with E-state index in [1.54, 1.807) is 56.2 Å². The molecule has 3 aliphatic heterocycles. The number of fused-ring (bicyclic) bond motifs is 5. The van der Waals surface area contributed by atoms with E-state index < -0.39 is 41.2 Å². The maximum atomic E-state index is 15.1. The summed E-state index contributed by atoms with van der Waals surface area (Å²) in [5, 5.41) is 28.9. The van der Waals surface area contributed by atoms with Crippen LogP contribution < -0.4 is 29.0 Å². The summed E-state index contributed by atoms with van der Waals surface area (Å²) >= 11 is 0. The molecule has 11 nitrogen and oxygen atoms in total. The zero-order chi connectivity index (χ0) is 32.4. The number of aliphatic hydroxyl groups excluding tert-OH is 1. The minimum Gasteiger partial charge on any atom is -0.497 e. The van der Waals surface area contributed by atoms with Crippen LogP contribution >= 0.6 is 0 Å². The lowest BCUT2D eigenvalue weighted by Crippen LogP contribution is -2.56. The molecular weight excluding hydrogens is 592 g/mol. The average Bonchev–Trinajstić information content (AvgIpc) is 3.76. The van der Waals surface area contributed by atoms with E-state index in [0.29, 0.717) is 42.0 Å². The number of rotatable bonds is 7. The predicted molar refractivity (Wildman–Crippen MR) is 165 cm³/mol. The van der Waals surface area contributed by atoms with E-state index >= 15 is 4.79 Å². The number of aliphatic hydroxyl groups is 2. The van der Waals surface area contributed by atoms with Crippen molar-refractivity contribution in [1.29, 1.82) is 0 Å². The molecule has 242 valence electrons. The molecule has 4 aliphatic rings. The number of likely N-dealkylation sites (tertiary alicyclic amines) is 1. The van der Waals surface area contributed by atoms with E-state index in [-0.39, 0.29) is 41.4 Å². The van der Waals surface area contributed by atoms with Crippen molar-refractivity contribution in [2.45, 2.75) is 56.1 Å². The molecule has 7 rings (SSSR count). The first-order valence-corrected chi connectivity index (χ1v) is 15.6. The third-order valence-electron chi connectivity index (χ3n) is 9.89. The Balaban J connectivity index is 1.49. The monoisotopic (exact) mass is 630 g/mol. The van der Waals surface area contributed by atoms with Crippen LogP contribution in [0.15, 0.2) is 60.7 Å². The molecule has 6 atom stereocenters. The molecule has 11 heteroatoms. The van der Waals surface area contributed by atoms with Crippen LogP contribution in [0.1, 0.15) is 49.3 Å². The molecule has 2 amide bonds. The maximum Gasteiger partial charge on any atom is 0.231 e. The summed E-state index contributed by atoms with van der Waals surface area (Å²) in [6, 6.07) is 18.0. The largest absolute Gasteiger partial charge is 0.497 e. The number of nitrogens with zero attached hydrogens (tertiary/aromatic N) is 1. The van der Waals surface area contributed by atoms with Crippen molar-refractivity contribution < 1.29 is 43.5 Å². The summed E-state index contributed by atoms with van der Waals surface area (Å²) in [5.74, 6) is -1.54. The normalized spacial score (nSPS) is 28.9. The molecule has 0 aromatic heterocycles. The number of amides is 2. The quantitative estimate of drug-likeness (QED) is 0.359. The van der Waals surface area contributed by atoms with Crippen LogP contribution in [0, 0.1) is 11.8 Å². The smallest absolute Gasteiger partial charge is 0.231 e. The number of ether oxygens (including phenoxy) is 5. The first-order valence-electron chi connectivity index (χ1n) is 15.6. The van der Waals surface area contributed by atoms with Gasteiger partial charge in [0.05, 0.1) is 25.7 Å². The van der Waals surface area contributed by atoms with Gasteiger partial charge in [0.2, 0.25) is 24.4 Å². The number of hydrogen-bond donors (Lipinski definition) is 3. The number of carbonyl (C=O) groups is 2. The third-order valence-corrected chi connectivity index (χ3v) is 9.89. The highest BCUT2D eigenvalue weighted by atomic mass is 16.7. The lowest BCUT2D eigenvalue weighted by atomic mass is 9.75. The molecule has 3 aromatic rings. The Hall–Kier alpha value is -4.48. The molecule has 0 spiro atoms. The standard InChI is InChI=1S/C35H38N2O9/c1-19(2)31(38)36-25-11-8-16-37(25)32(39)28-26(20-9-6-5-7-10-20)35(21-12-14-22(42-3)15-13-21)33(40)34(28,41)27-23(46-35)17-24-29(30(27)43-4)45-18-44-24/h5-7,9-10,12-15,17,19,25-26,28,33,40-41H,8,11,16,18H2,1-4H3,(H,36,38)/t25-,26-,28+,33+,34-,35-/m0/s1. The zero-order valence-electron chi connectivity index (χ0n) is 26.2. The lowest BCUT2D eigenvalue weighted by molar-refractivity contribution is -0.167. The fourth-order valence-corrected chi connectivity index (χ4v) is 7.78. The van der Waals surface area contributed by atoms with Crippen LogP contribution in [0.5, 0.6) is 28.7 Å². The van der Waals surface area contributed by atoms with Gasteiger partial charge in [0.1, 0.15) is 29.4 Å². The van der Waals surface area contributed by atoms with Crippen molar-refractivity contribution >= 4 is 11.8 Å². The van der Waals surface area contributed by atoms with Gasteiger partial charge in [-0.3, -0.25) is 9.59 Å². The fourth-order valence-electron chi connectivity index (χ4n) is 7.78. The van der Waals surface area contributed by atoms with Gasteiger partial charge >= 0.3 is 0 Å². The average molecular weight is 631 g/mol. The van der Waals surface area contributed by atoms with Crippen molar-refractivity contribution in [3.63, 3.8) is 0 Å². The summed E-state index contributed by atoms with van der Waals surface area (Å²) in [6.45, 7) is 3.89. The van der Waals surface area contributed by atoms with E-state index in [2.05, 4.69) is 5.32 Å². The van der Waals surface area contributed by atoms with Crippen LogP contribution in [0.2, 0.25) is 0 Å². The van der Waals surface area contributed by atoms with Crippen LogP contribution in [0.4, 0.5) is 0 Å². The first-order chi connectivity index (χ1) is 22.2. The molecule has 1 aliphatic carbocycles. The Kier molecular flexibility index (Phi) is 7.28. The van der Waals surface area contributed by atoms with Crippen LogP contribution in [-0.2, 0) is 20.8 Å². The first kappa shape index (κ1) is 30.2. The van der Waals surface area contributed by atoms with E-state index in [1.807, 2.05) is 30.3 Å². The van der Waals surface area contributed by atoms with Gasteiger partial charge in [0, 0.05) is 24.4 Å². The van der Waals surface area contributed by atoms with E-state index in [9.17, 15) is 15.0 Å². The molecule has 1 saturated carbocycles. The minimum absolute atomic E-state index is 0.0702. The number of hydrogen-bond acceptors (Lipinski definition) is 9. The molecule has 3 aromatic carbocycles. The predicted octanol–water partition coefficient (Wildman–Crippen LogP) is 3.40. The summed E-state index contributed by atoms with van der Waals surface area (Å²) in [5.41, 5.74) is -2.55. The topological polar surface area (TPSA) is 136 Å². The molecule has 2 fully saturated rings. The van der Waals surface area contributed by atoms with Crippen LogP contribution in [0.25, 0.3) is 0 Å². The van der Waals surface area contributed by atoms with Gasteiger partial charge < -0.3 is 44.1 Å². The van der Waals surface area contributed by atoms with Gasteiger partial charge in [-0.25, -0.2) is 0 Å². The maximum absolute atomic E-state index is 15.1. The minimum atomic E-state index is -2.23. The Morgan fingerprint density at radius 2 is 1.76 bits per heavy atom. The highest BCUT2D eigenvalue weighted by Gasteiger charge is 2.77. The molecule has 46 heavy (non-hydrogen) atoms. The second-order valence-corrected chi connectivity index (χ2v) is 12.6. The van der Waals surface area contributed by atoms with Gasteiger partial charge in [0.15, 0.2) is 17.1 Å². The Bertz CT molecular complexity index is 1660. The SMILES string of the molecule is COc1ccc([C@@]23Oc4cc5c(c(OC)c4[C@@](O)([C@H]2O)[C@@H](C(=O)N2CCC[C@H]2NC(=O)C(C)C)[C@@H]3c2ccccc2)OCO5)cc1. The second-order valence-electron chi connectivity index (χ2n) is 12.6. The molecular formula is C35H38N2O9. The van der Waals surface area contributed by atoms with Crippen LogP contribution in [-0.4, -0.2) is 66.8 Å². The number of methoxy groups -OCH3 is 2. The van der Waals surface area contributed by atoms with E-state index in [4.69, 9.17) is 23.7 Å². The summed E-state index contributed by atoms with van der Waals surface area (Å²) in [7, 11) is 2.99. The lowest BCUT2D eigenvalue weighted by Gasteiger charge is -2.45. The van der Waals surface area contributed by atoms with Gasteiger partial charge in [-0.1, -0.05) is 56.3 Å². The molecule has 3 N–H and O–H groups in total. The third kappa shape index (κ3) is 4.17. The fraction of sp³-hybridized carbons (Fsp3) is 0.429. The van der Waals surface area contributed by atoms with Gasteiger partial charge in [-0.05, 0) is 36.1 Å². The summed E-state index contributed by atoms with van der Waals surface area (Å²) in [6.07, 6.45) is -0.999. The van der Waals surface area contributed by atoms with Crippen molar-refractivity contribution in [3.8, 4) is 28.7 Å². The second kappa shape index (κ2) is 11.1. The van der Waals surface area contributed by atoms with Crippen molar-refractivity contribution in [2.24, 2.45) is 11.8 Å². The summed E-state index contributed by atoms with van der Waals surface area (Å²) < 4.78 is 29.6. The van der Waals surface area contributed by atoms with E-state index in [0.717, 1.165) is 0 Å². The van der Waals surface area contributed by atoms with Crippen LogP contribution in [0.3, 0.4) is 0 Å². The Morgan fingerprint density at radius 1 is 1.02 bits per heavy atom. The highest BCUT2D eigenvalue weighted by Crippen LogP contribution is 2.70. The summed E-state index contributed by atoms with van der Waals surface area (Å²) in [4.78, 5) is 29.6. The molecule has 0 unspecified atom stereocenters. The van der Waals surface area contributed by atoms with E-state index in [1.165, 1.54) is 7.11 Å². The van der Waals surface area contributed by atoms with Gasteiger partial charge in [-0.15, -0.1) is 0 Å². The number of benzene rings is 3. The van der Waals surface area contributed by atoms with Gasteiger partial charge in [-0.2, -0.15) is 0 Å².